The molecule has 0 saturated heterocycles. The molecule has 1 nitrogen and oxygen atoms in total. The average Bonchev–Trinajstić information content (AvgIpc) is 2.18. The number of likely N-dealkylation sites (N-methyl/N-ethyl adjacent to an activating group) is 1. The maximum atomic E-state index is 2.37. The summed E-state index contributed by atoms with van der Waals surface area (Å²) in [4.78, 5) is 2.37. The van der Waals surface area contributed by atoms with Gasteiger partial charge in [-0.3, -0.25) is 0 Å². The van der Waals surface area contributed by atoms with Gasteiger partial charge in [0.15, 0.2) is 0 Å². The van der Waals surface area contributed by atoms with E-state index in [-0.39, 0.29) is 0 Å². The summed E-state index contributed by atoms with van der Waals surface area (Å²) >= 11 is 0. The first-order valence-electron chi connectivity index (χ1n) is 5.20. The van der Waals surface area contributed by atoms with Crippen LogP contribution in [-0.4, -0.2) is 25.0 Å². The lowest BCUT2D eigenvalue weighted by atomic mass is 10.00. The summed E-state index contributed by atoms with van der Waals surface area (Å²) in [6, 6.07) is 8.76. The van der Waals surface area contributed by atoms with Crippen LogP contribution in [0.3, 0.4) is 0 Å². The number of aryl methyl sites for hydroxylation is 1. The molecule has 1 aromatic carbocycles. The van der Waals surface area contributed by atoms with Crippen LogP contribution in [0.1, 0.15) is 17.5 Å². The normalized spacial score (nSPS) is 18.0. The van der Waals surface area contributed by atoms with Gasteiger partial charge in [0.05, 0.1) is 0 Å². The van der Waals surface area contributed by atoms with E-state index in [2.05, 4.69) is 49.2 Å². The molecule has 1 aromatic rings. The maximum absolute atomic E-state index is 2.37. The van der Waals surface area contributed by atoms with Crippen LogP contribution in [-0.2, 0) is 0 Å². The predicted molar refractivity (Wildman–Crippen MR) is 61.3 cm³/mol. The molecule has 1 aliphatic heterocycles. The second-order valence-electron chi connectivity index (χ2n) is 4.13. The Morgan fingerprint density at radius 2 is 2.14 bits per heavy atom. The van der Waals surface area contributed by atoms with E-state index >= 15 is 0 Å². The molecule has 1 heteroatoms. The molecule has 74 valence electrons. The van der Waals surface area contributed by atoms with E-state index in [4.69, 9.17) is 0 Å². The summed E-state index contributed by atoms with van der Waals surface area (Å²) < 4.78 is 0. The Hall–Kier alpha value is -1.08. The fraction of sp³-hybridized carbons (Fsp3) is 0.385. The second-order valence-corrected chi connectivity index (χ2v) is 4.13. The Bertz CT molecular complexity index is 352. The van der Waals surface area contributed by atoms with Crippen molar-refractivity contribution in [3.05, 3.63) is 41.5 Å². The van der Waals surface area contributed by atoms with E-state index < -0.39 is 0 Å². The second kappa shape index (κ2) is 3.97. The quantitative estimate of drug-likeness (QED) is 0.653. The van der Waals surface area contributed by atoms with Gasteiger partial charge >= 0.3 is 0 Å². The van der Waals surface area contributed by atoms with Crippen molar-refractivity contribution in [2.45, 2.75) is 13.3 Å². The van der Waals surface area contributed by atoms with Crippen molar-refractivity contribution in [2.75, 3.05) is 20.1 Å². The Kier molecular flexibility index (Phi) is 2.69. The molecule has 0 spiro atoms. The van der Waals surface area contributed by atoms with Crippen molar-refractivity contribution in [1.82, 2.24) is 4.90 Å². The highest BCUT2D eigenvalue weighted by Crippen LogP contribution is 2.20. The molecular formula is C13H17N. The molecule has 0 radical (unpaired) electrons. The summed E-state index contributed by atoms with van der Waals surface area (Å²) in [5.74, 6) is 0. The van der Waals surface area contributed by atoms with Gasteiger partial charge in [-0.2, -0.15) is 0 Å². The minimum atomic E-state index is 1.09. The van der Waals surface area contributed by atoms with Crippen LogP contribution in [0.4, 0.5) is 0 Å². The zero-order valence-corrected chi connectivity index (χ0v) is 8.96. The molecule has 14 heavy (non-hydrogen) atoms. The molecule has 0 amide bonds. The van der Waals surface area contributed by atoms with E-state index in [1.54, 1.807) is 0 Å². The van der Waals surface area contributed by atoms with E-state index in [1.165, 1.54) is 29.7 Å². The summed E-state index contributed by atoms with van der Waals surface area (Å²) in [6.45, 7) is 4.43. The largest absolute Gasteiger partial charge is 0.302 e. The zero-order chi connectivity index (χ0) is 9.97. The fourth-order valence-electron chi connectivity index (χ4n) is 1.95. The van der Waals surface area contributed by atoms with Crippen molar-refractivity contribution in [3.8, 4) is 0 Å². The summed E-state index contributed by atoms with van der Waals surface area (Å²) in [7, 11) is 2.18. The maximum Gasteiger partial charge on any atom is 0.0233 e. The van der Waals surface area contributed by atoms with Crippen molar-refractivity contribution >= 4 is 5.57 Å². The Balaban J connectivity index is 2.26. The topological polar surface area (TPSA) is 3.24 Å². The molecule has 2 rings (SSSR count). The Morgan fingerprint density at radius 1 is 1.29 bits per heavy atom. The third kappa shape index (κ3) is 2.05. The summed E-state index contributed by atoms with van der Waals surface area (Å²) in [5.41, 5.74) is 4.20. The monoisotopic (exact) mass is 187 g/mol. The molecular weight excluding hydrogens is 170 g/mol. The molecule has 0 saturated carbocycles. The number of rotatable bonds is 1. The summed E-state index contributed by atoms with van der Waals surface area (Å²) in [5, 5.41) is 0. The van der Waals surface area contributed by atoms with Gasteiger partial charge in [-0.15, -0.1) is 0 Å². The molecule has 1 aliphatic rings. The van der Waals surface area contributed by atoms with Gasteiger partial charge in [-0.1, -0.05) is 35.9 Å². The first-order chi connectivity index (χ1) is 6.75. The van der Waals surface area contributed by atoms with E-state index in [0.29, 0.717) is 0 Å². The van der Waals surface area contributed by atoms with Gasteiger partial charge < -0.3 is 4.90 Å². The zero-order valence-electron chi connectivity index (χ0n) is 8.96. The van der Waals surface area contributed by atoms with Crippen molar-refractivity contribution < 1.29 is 0 Å². The van der Waals surface area contributed by atoms with Gasteiger partial charge in [0.1, 0.15) is 0 Å². The molecule has 0 aliphatic carbocycles. The van der Waals surface area contributed by atoms with Gasteiger partial charge in [-0.05, 0) is 31.5 Å². The smallest absolute Gasteiger partial charge is 0.0233 e. The van der Waals surface area contributed by atoms with Crippen LogP contribution in [0, 0.1) is 6.92 Å². The highest BCUT2D eigenvalue weighted by molar-refractivity contribution is 5.68. The van der Waals surface area contributed by atoms with Crippen LogP contribution in [0.2, 0.25) is 0 Å². The lowest BCUT2D eigenvalue weighted by Gasteiger charge is -2.23. The fourth-order valence-corrected chi connectivity index (χ4v) is 1.95. The molecule has 0 fully saturated rings. The molecule has 0 N–H and O–H groups in total. The van der Waals surface area contributed by atoms with Gasteiger partial charge in [0, 0.05) is 13.1 Å². The standard InChI is InChI=1S/C13H17N/c1-11-5-3-6-12(9-11)13-7-4-8-14(2)10-13/h3,5-7,9H,4,8,10H2,1-2H3. The van der Waals surface area contributed by atoms with E-state index in [1.807, 2.05) is 0 Å². The van der Waals surface area contributed by atoms with E-state index in [0.717, 1.165) is 6.54 Å². The molecule has 0 unspecified atom stereocenters. The minimum Gasteiger partial charge on any atom is -0.302 e. The third-order valence-electron chi connectivity index (χ3n) is 2.73. The van der Waals surface area contributed by atoms with Crippen LogP contribution in [0.5, 0.6) is 0 Å². The van der Waals surface area contributed by atoms with Crippen molar-refractivity contribution in [2.24, 2.45) is 0 Å². The lowest BCUT2D eigenvalue weighted by molar-refractivity contribution is 0.373. The first kappa shape index (κ1) is 9.47. The molecule has 0 bridgehead atoms. The average molecular weight is 187 g/mol. The van der Waals surface area contributed by atoms with Crippen LogP contribution in [0.15, 0.2) is 30.3 Å². The van der Waals surface area contributed by atoms with Gasteiger partial charge in [-0.25, -0.2) is 0 Å². The van der Waals surface area contributed by atoms with Crippen LogP contribution >= 0.6 is 0 Å². The lowest BCUT2D eigenvalue weighted by Crippen LogP contribution is -2.24. The highest BCUT2D eigenvalue weighted by atomic mass is 15.1. The van der Waals surface area contributed by atoms with Crippen LogP contribution in [0.25, 0.3) is 5.57 Å². The van der Waals surface area contributed by atoms with Crippen molar-refractivity contribution in [1.29, 1.82) is 0 Å². The highest BCUT2D eigenvalue weighted by Gasteiger charge is 2.09. The minimum absolute atomic E-state index is 1.09. The third-order valence-corrected chi connectivity index (χ3v) is 2.73. The summed E-state index contributed by atoms with van der Waals surface area (Å²) in [6.07, 6.45) is 3.55. The number of benzene rings is 1. The predicted octanol–water partition coefficient (Wildman–Crippen LogP) is 2.71. The van der Waals surface area contributed by atoms with E-state index in [9.17, 15) is 0 Å². The SMILES string of the molecule is Cc1cccc(C2=CCCN(C)C2)c1. The molecule has 0 aromatic heterocycles. The van der Waals surface area contributed by atoms with Crippen LogP contribution < -0.4 is 0 Å². The van der Waals surface area contributed by atoms with Crippen molar-refractivity contribution in [3.63, 3.8) is 0 Å². The number of hydrogen-bond donors (Lipinski definition) is 0. The molecule has 1 heterocycles. The Labute approximate surface area is 86.1 Å². The number of nitrogens with zero attached hydrogens (tertiary/aromatic N) is 1. The van der Waals surface area contributed by atoms with Gasteiger partial charge in [0.25, 0.3) is 0 Å². The Morgan fingerprint density at radius 3 is 2.86 bits per heavy atom. The first-order valence-corrected chi connectivity index (χ1v) is 5.20. The van der Waals surface area contributed by atoms with Gasteiger partial charge in [0.2, 0.25) is 0 Å². The molecule has 0 atom stereocenters. The number of hydrogen-bond acceptors (Lipinski definition) is 1.